The zero-order valence-corrected chi connectivity index (χ0v) is 9.87. The topological polar surface area (TPSA) is 75.3 Å². The Labute approximate surface area is 95.5 Å². The van der Waals surface area contributed by atoms with Crippen LogP contribution in [-0.2, 0) is 0 Å². The predicted octanol–water partition coefficient (Wildman–Crippen LogP) is 1.89. The number of rotatable bonds is 3. The van der Waals surface area contributed by atoms with Crippen molar-refractivity contribution in [2.45, 2.75) is 32.7 Å². The van der Waals surface area contributed by atoms with Crippen molar-refractivity contribution in [1.29, 1.82) is 0 Å². The van der Waals surface area contributed by atoms with E-state index in [0.29, 0.717) is 11.3 Å². The lowest BCUT2D eigenvalue weighted by Gasteiger charge is -2.24. The number of nitrogens with one attached hydrogen (secondary N) is 1. The Balaban J connectivity index is 2.93. The number of phenolic OH excluding ortho intramolecular Hbond substituents is 1. The van der Waals surface area contributed by atoms with Crippen LogP contribution in [0.5, 0.6) is 5.75 Å². The minimum Gasteiger partial charge on any atom is -0.508 e. The summed E-state index contributed by atoms with van der Waals surface area (Å²) in [6.07, 6.45) is 0.817. The molecular formula is C12H18N2O2. The number of aromatic hydroxyl groups is 1. The molecule has 0 saturated carbocycles. The molecule has 0 heterocycles. The molecule has 0 spiro atoms. The lowest BCUT2D eigenvalue weighted by atomic mass is 10.0. The molecule has 4 heteroatoms. The quantitative estimate of drug-likeness (QED) is 0.540. The standard InChI is InChI=1S/C12H18N2O2/c1-4-12(2,3)14-11(16)9-7-8(15)5-6-10(9)13/h5-7,15H,4,13H2,1-3H3,(H,14,16). The Bertz CT molecular complexity index is 400. The van der Waals surface area contributed by atoms with Gasteiger partial charge in [0.05, 0.1) is 5.56 Å². The Morgan fingerprint density at radius 2 is 2.12 bits per heavy atom. The fraction of sp³-hybridized carbons (Fsp3) is 0.417. The predicted molar refractivity (Wildman–Crippen MR) is 64.4 cm³/mol. The first-order valence-electron chi connectivity index (χ1n) is 5.27. The summed E-state index contributed by atoms with van der Waals surface area (Å²) < 4.78 is 0. The number of nitrogens with two attached hydrogens (primary N) is 1. The highest BCUT2D eigenvalue weighted by Crippen LogP contribution is 2.19. The molecular weight excluding hydrogens is 204 g/mol. The van der Waals surface area contributed by atoms with Crippen molar-refractivity contribution in [1.82, 2.24) is 5.32 Å². The van der Waals surface area contributed by atoms with Crippen LogP contribution in [0.3, 0.4) is 0 Å². The summed E-state index contributed by atoms with van der Waals surface area (Å²) in [5.41, 5.74) is 6.07. The molecule has 0 atom stereocenters. The monoisotopic (exact) mass is 222 g/mol. The number of hydrogen-bond acceptors (Lipinski definition) is 3. The Morgan fingerprint density at radius 1 is 1.50 bits per heavy atom. The molecule has 1 amide bonds. The van der Waals surface area contributed by atoms with Crippen molar-refractivity contribution in [2.75, 3.05) is 5.73 Å². The van der Waals surface area contributed by atoms with E-state index in [-0.39, 0.29) is 17.2 Å². The maximum absolute atomic E-state index is 11.9. The molecule has 88 valence electrons. The van der Waals surface area contributed by atoms with E-state index in [2.05, 4.69) is 5.32 Å². The minimum atomic E-state index is -0.283. The van der Waals surface area contributed by atoms with E-state index >= 15 is 0 Å². The van der Waals surface area contributed by atoms with Crippen molar-refractivity contribution in [3.63, 3.8) is 0 Å². The fourth-order valence-electron chi connectivity index (χ4n) is 1.20. The number of anilines is 1. The molecule has 4 nitrogen and oxygen atoms in total. The highest BCUT2D eigenvalue weighted by Gasteiger charge is 2.20. The van der Waals surface area contributed by atoms with Crippen LogP contribution in [0.25, 0.3) is 0 Å². The smallest absolute Gasteiger partial charge is 0.253 e. The van der Waals surface area contributed by atoms with Gasteiger partial charge in [-0.2, -0.15) is 0 Å². The lowest BCUT2D eigenvalue weighted by molar-refractivity contribution is 0.0912. The molecule has 0 unspecified atom stereocenters. The normalized spacial score (nSPS) is 11.2. The molecule has 0 aromatic heterocycles. The third kappa shape index (κ3) is 2.89. The van der Waals surface area contributed by atoms with Crippen LogP contribution in [0.4, 0.5) is 5.69 Å². The third-order valence-electron chi connectivity index (χ3n) is 2.62. The molecule has 4 N–H and O–H groups in total. The highest BCUT2D eigenvalue weighted by molar-refractivity contribution is 5.99. The molecule has 0 saturated heterocycles. The molecule has 0 bridgehead atoms. The van der Waals surface area contributed by atoms with E-state index < -0.39 is 0 Å². The van der Waals surface area contributed by atoms with Gasteiger partial charge in [0.2, 0.25) is 0 Å². The molecule has 0 fully saturated rings. The number of phenols is 1. The van der Waals surface area contributed by atoms with Crippen LogP contribution in [0.2, 0.25) is 0 Å². The second-order valence-corrected chi connectivity index (χ2v) is 4.46. The van der Waals surface area contributed by atoms with Gasteiger partial charge in [-0.1, -0.05) is 6.92 Å². The maximum Gasteiger partial charge on any atom is 0.253 e. The van der Waals surface area contributed by atoms with Gasteiger partial charge in [0, 0.05) is 11.2 Å². The summed E-state index contributed by atoms with van der Waals surface area (Å²) in [5.74, 6) is -0.228. The summed E-state index contributed by atoms with van der Waals surface area (Å²) in [6.45, 7) is 5.86. The molecule has 0 radical (unpaired) electrons. The van der Waals surface area contributed by atoms with E-state index in [1.165, 1.54) is 18.2 Å². The lowest BCUT2D eigenvalue weighted by Crippen LogP contribution is -2.42. The summed E-state index contributed by atoms with van der Waals surface area (Å²) in [5, 5.41) is 12.2. The van der Waals surface area contributed by atoms with Crippen LogP contribution in [0.1, 0.15) is 37.6 Å². The van der Waals surface area contributed by atoms with Crippen molar-refractivity contribution >= 4 is 11.6 Å². The fourth-order valence-corrected chi connectivity index (χ4v) is 1.20. The van der Waals surface area contributed by atoms with Gasteiger partial charge in [-0.05, 0) is 38.5 Å². The molecule has 1 rings (SSSR count). The van der Waals surface area contributed by atoms with Gasteiger partial charge in [-0.3, -0.25) is 4.79 Å². The van der Waals surface area contributed by atoms with Crippen LogP contribution in [0.15, 0.2) is 18.2 Å². The van der Waals surface area contributed by atoms with Crippen molar-refractivity contribution < 1.29 is 9.90 Å². The summed E-state index contributed by atoms with van der Waals surface area (Å²) in [7, 11) is 0. The second-order valence-electron chi connectivity index (χ2n) is 4.46. The van der Waals surface area contributed by atoms with Crippen LogP contribution in [0, 0.1) is 0 Å². The average Bonchev–Trinajstić information content (AvgIpc) is 2.21. The summed E-state index contributed by atoms with van der Waals surface area (Å²) in [4.78, 5) is 11.9. The first-order chi connectivity index (χ1) is 7.35. The number of carbonyl (C=O) groups is 1. The Morgan fingerprint density at radius 3 is 2.69 bits per heavy atom. The number of carbonyl (C=O) groups excluding carboxylic acids is 1. The first-order valence-corrected chi connectivity index (χ1v) is 5.27. The molecule has 1 aromatic carbocycles. The largest absolute Gasteiger partial charge is 0.508 e. The van der Waals surface area contributed by atoms with Gasteiger partial charge in [-0.15, -0.1) is 0 Å². The van der Waals surface area contributed by atoms with Crippen molar-refractivity contribution in [3.8, 4) is 5.75 Å². The van der Waals surface area contributed by atoms with E-state index in [1.807, 2.05) is 20.8 Å². The van der Waals surface area contributed by atoms with Gasteiger partial charge < -0.3 is 16.2 Å². The van der Waals surface area contributed by atoms with Crippen molar-refractivity contribution in [2.24, 2.45) is 0 Å². The molecule has 0 aliphatic heterocycles. The van der Waals surface area contributed by atoms with Gasteiger partial charge in [0.25, 0.3) is 5.91 Å². The average molecular weight is 222 g/mol. The summed E-state index contributed by atoms with van der Waals surface area (Å²) >= 11 is 0. The molecule has 1 aromatic rings. The maximum atomic E-state index is 11.9. The summed E-state index contributed by atoms with van der Waals surface area (Å²) in [6, 6.07) is 4.34. The van der Waals surface area contributed by atoms with Crippen LogP contribution in [-0.4, -0.2) is 16.6 Å². The number of amides is 1. The van der Waals surface area contributed by atoms with Gasteiger partial charge in [0.1, 0.15) is 5.75 Å². The Kier molecular flexibility index (Phi) is 3.42. The highest BCUT2D eigenvalue weighted by atomic mass is 16.3. The zero-order chi connectivity index (χ0) is 12.3. The molecule has 16 heavy (non-hydrogen) atoms. The third-order valence-corrected chi connectivity index (χ3v) is 2.62. The SMILES string of the molecule is CCC(C)(C)NC(=O)c1cc(O)ccc1N. The zero-order valence-electron chi connectivity index (χ0n) is 9.87. The van der Waals surface area contributed by atoms with E-state index in [4.69, 9.17) is 5.73 Å². The van der Waals surface area contributed by atoms with Crippen molar-refractivity contribution in [3.05, 3.63) is 23.8 Å². The first kappa shape index (κ1) is 12.4. The van der Waals surface area contributed by atoms with Gasteiger partial charge in [0.15, 0.2) is 0 Å². The van der Waals surface area contributed by atoms with E-state index in [1.54, 1.807) is 0 Å². The van der Waals surface area contributed by atoms with Crippen LogP contribution >= 0.6 is 0 Å². The number of nitrogen functional groups attached to an aromatic ring is 1. The second kappa shape index (κ2) is 4.43. The van der Waals surface area contributed by atoms with E-state index in [9.17, 15) is 9.90 Å². The number of benzene rings is 1. The minimum absolute atomic E-state index is 0.0358. The molecule has 0 aliphatic rings. The van der Waals surface area contributed by atoms with Crippen LogP contribution < -0.4 is 11.1 Å². The number of hydrogen-bond donors (Lipinski definition) is 3. The van der Waals surface area contributed by atoms with E-state index in [0.717, 1.165) is 6.42 Å². The van der Waals surface area contributed by atoms with Gasteiger partial charge in [-0.25, -0.2) is 0 Å². The van der Waals surface area contributed by atoms with Gasteiger partial charge >= 0.3 is 0 Å². The Hall–Kier alpha value is -1.71. The molecule has 0 aliphatic carbocycles.